The van der Waals surface area contributed by atoms with Gasteiger partial charge in [-0.15, -0.1) is 0 Å². The molecule has 0 amide bonds. The van der Waals surface area contributed by atoms with Crippen LogP contribution in [0.4, 0.5) is 0 Å². The van der Waals surface area contributed by atoms with E-state index in [-0.39, 0.29) is 0 Å². The van der Waals surface area contributed by atoms with Gasteiger partial charge in [0.05, 0.1) is 0 Å². The number of nitrogens with one attached hydrogen (secondary N) is 1. The molecule has 1 heterocycles. The zero-order valence-corrected chi connectivity index (χ0v) is 12.1. The third-order valence-electron chi connectivity index (χ3n) is 4.86. The Morgan fingerprint density at radius 1 is 1.16 bits per heavy atom. The zero-order valence-electron chi connectivity index (χ0n) is 12.1. The van der Waals surface area contributed by atoms with E-state index in [0.29, 0.717) is 6.04 Å². The molecule has 2 aliphatic rings. The molecule has 3 rings (SSSR count). The highest BCUT2D eigenvalue weighted by molar-refractivity contribution is 5.32. The molecule has 1 aromatic rings. The molecule has 2 nitrogen and oxygen atoms in total. The first-order valence-corrected chi connectivity index (χ1v) is 7.82. The smallest absolute Gasteiger partial charge is 0.0323 e. The molecule has 1 fully saturated rings. The monoisotopic (exact) mass is 258 g/mol. The molecule has 2 heteroatoms. The van der Waals surface area contributed by atoms with Gasteiger partial charge in [0, 0.05) is 6.04 Å². The van der Waals surface area contributed by atoms with Crippen LogP contribution >= 0.6 is 0 Å². The molecule has 1 aliphatic carbocycles. The van der Waals surface area contributed by atoms with Crippen LogP contribution < -0.4 is 5.32 Å². The number of piperidine rings is 1. The Bertz CT molecular complexity index is 407. The van der Waals surface area contributed by atoms with Gasteiger partial charge >= 0.3 is 0 Å². The molecular weight excluding hydrogens is 232 g/mol. The molecule has 0 spiro atoms. The lowest BCUT2D eigenvalue weighted by atomic mass is 9.87. The zero-order chi connectivity index (χ0) is 13.1. The summed E-state index contributed by atoms with van der Waals surface area (Å²) < 4.78 is 0. The summed E-state index contributed by atoms with van der Waals surface area (Å²) in [4.78, 5) is 2.45. The maximum atomic E-state index is 3.84. The first-order chi connectivity index (χ1) is 9.33. The van der Waals surface area contributed by atoms with Crippen molar-refractivity contribution in [3.8, 4) is 0 Å². The van der Waals surface area contributed by atoms with Crippen molar-refractivity contribution in [2.75, 3.05) is 26.7 Å². The van der Waals surface area contributed by atoms with Crippen molar-refractivity contribution in [2.24, 2.45) is 5.92 Å². The van der Waals surface area contributed by atoms with Crippen LogP contribution in [0.5, 0.6) is 0 Å². The Kier molecular flexibility index (Phi) is 4.19. The number of fused-ring (bicyclic) bond motifs is 1. The highest BCUT2D eigenvalue weighted by atomic mass is 15.1. The lowest BCUT2D eigenvalue weighted by Gasteiger charge is -2.32. The van der Waals surface area contributed by atoms with Crippen molar-refractivity contribution in [3.05, 3.63) is 35.4 Å². The number of likely N-dealkylation sites (tertiary alicyclic amines) is 1. The molecule has 19 heavy (non-hydrogen) atoms. The van der Waals surface area contributed by atoms with Gasteiger partial charge in [0.15, 0.2) is 0 Å². The van der Waals surface area contributed by atoms with Gasteiger partial charge in [-0.25, -0.2) is 0 Å². The van der Waals surface area contributed by atoms with E-state index in [1.165, 1.54) is 51.7 Å². The van der Waals surface area contributed by atoms with Crippen LogP contribution in [0, 0.1) is 5.92 Å². The molecule has 0 aromatic heterocycles. The van der Waals surface area contributed by atoms with Crippen molar-refractivity contribution >= 4 is 0 Å². The largest absolute Gasteiger partial charge is 0.310 e. The molecule has 1 saturated heterocycles. The fourth-order valence-electron chi connectivity index (χ4n) is 3.54. The van der Waals surface area contributed by atoms with Crippen molar-refractivity contribution in [2.45, 2.75) is 38.1 Å². The predicted molar refractivity (Wildman–Crippen MR) is 80.3 cm³/mol. The molecular formula is C17H26N2. The summed E-state index contributed by atoms with van der Waals surface area (Å²) >= 11 is 0. The number of benzene rings is 1. The Hall–Kier alpha value is -0.860. The predicted octanol–water partition coefficient (Wildman–Crippen LogP) is 3.00. The fourth-order valence-corrected chi connectivity index (χ4v) is 3.54. The second kappa shape index (κ2) is 6.06. The minimum Gasteiger partial charge on any atom is -0.310 e. The standard InChI is InChI=1S/C17H26N2/c1-19-11-9-14(10-12-19)13-18-17-8-4-6-15-5-2-3-7-16(15)17/h2-3,5,7,14,17-18H,4,6,8-13H2,1H3. The van der Waals surface area contributed by atoms with E-state index in [2.05, 4.69) is 41.5 Å². The summed E-state index contributed by atoms with van der Waals surface area (Å²) in [6.45, 7) is 3.74. The summed E-state index contributed by atoms with van der Waals surface area (Å²) in [5, 5.41) is 3.84. The maximum absolute atomic E-state index is 3.84. The van der Waals surface area contributed by atoms with Gasteiger partial charge in [0.25, 0.3) is 0 Å². The van der Waals surface area contributed by atoms with Gasteiger partial charge < -0.3 is 10.2 Å². The van der Waals surface area contributed by atoms with E-state index in [4.69, 9.17) is 0 Å². The van der Waals surface area contributed by atoms with E-state index in [9.17, 15) is 0 Å². The third-order valence-corrected chi connectivity index (χ3v) is 4.86. The maximum Gasteiger partial charge on any atom is 0.0323 e. The minimum atomic E-state index is 0.601. The fraction of sp³-hybridized carbons (Fsp3) is 0.647. The Balaban J connectivity index is 1.56. The Morgan fingerprint density at radius 3 is 2.79 bits per heavy atom. The van der Waals surface area contributed by atoms with Gasteiger partial charge in [-0.05, 0) is 75.8 Å². The van der Waals surface area contributed by atoms with Crippen molar-refractivity contribution < 1.29 is 0 Å². The van der Waals surface area contributed by atoms with Gasteiger partial charge in [-0.1, -0.05) is 24.3 Å². The topological polar surface area (TPSA) is 15.3 Å². The first-order valence-electron chi connectivity index (χ1n) is 7.82. The second-order valence-electron chi connectivity index (χ2n) is 6.30. The van der Waals surface area contributed by atoms with Crippen LogP contribution in [0.2, 0.25) is 0 Å². The van der Waals surface area contributed by atoms with Gasteiger partial charge in [-0.3, -0.25) is 0 Å². The van der Waals surface area contributed by atoms with Crippen LogP contribution in [-0.2, 0) is 6.42 Å². The molecule has 1 N–H and O–H groups in total. The second-order valence-corrected chi connectivity index (χ2v) is 6.30. The molecule has 1 aliphatic heterocycles. The molecule has 1 aromatic carbocycles. The van der Waals surface area contributed by atoms with Gasteiger partial charge in [0.1, 0.15) is 0 Å². The average Bonchev–Trinajstić information content (AvgIpc) is 2.47. The molecule has 104 valence electrons. The highest BCUT2D eigenvalue weighted by Crippen LogP contribution is 2.29. The third kappa shape index (κ3) is 3.18. The van der Waals surface area contributed by atoms with Crippen molar-refractivity contribution in [1.29, 1.82) is 0 Å². The lowest BCUT2D eigenvalue weighted by Crippen LogP contribution is -2.36. The van der Waals surface area contributed by atoms with Gasteiger partial charge in [0.2, 0.25) is 0 Å². The summed E-state index contributed by atoms with van der Waals surface area (Å²) in [5.41, 5.74) is 3.12. The van der Waals surface area contributed by atoms with Crippen LogP contribution in [0.15, 0.2) is 24.3 Å². The van der Waals surface area contributed by atoms with E-state index < -0.39 is 0 Å². The SMILES string of the molecule is CN1CCC(CNC2CCCc3ccccc32)CC1. The Morgan fingerprint density at radius 2 is 1.95 bits per heavy atom. The number of aryl methyl sites for hydroxylation is 1. The Labute approximate surface area is 117 Å². The molecule has 1 atom stereocenters. The number of hydrogen-bond acceptors (Lipinski definition) is 2. The summed E-state index contributed by atoms with van der Waals surface area (Å²) in [6.07, 6.45) is 6.63. The van der Waals surface area contributed by atoms with E-state index in [1.807, 2.05) is 0 Å². The van der Waals surface area contributed by atoms with E-state index >= 15 is 0 Å². The van der Waals surface area contributed by atoms with Crippen LogP contribution in [0.25, 0.3) is 0 Å². The molecule has 0 radical (unpaired) electrons. The quantitative estimate of drug-likeness (QED) is 0.896. The van der Waals surface area contributed by atoms with Gasteiger partial charge in [-0.2, -0.15) is 0 Å². The summed E-state index contributed by atoms with van der Waals surface area (Å²) in [7, 11) is 2.24. The van der Waals surface area contributed by atoms with Crippen LogP contribution in [0.1, 0.15) is 42.9 Å². The van der Waals surface area contributed by atoms with Crippen molar-refractivity contribution in [3.63, 3.8) is 0 Å². The highest BCUT2D eigenvalue weighted by Gasteiger charge is 2.22. The average molecular weight is 258 g/mol. The van der Waals surface area contributed by atoms with E-state index in [1.54, 1.807) is 11.1 Å². The first kappa shape index (κ1) is 13.1. The van der Waals surface area contributed by atoms with Crippen LogP contribution in [-0.4, -0.2) is 31.6 Å². The molecule has 0 saturated carbocycles. The molecule has 1 unspecified atom stereocenters. The summed E-state index contributed by atoms with van der Waals surface area (Å²) in [6, 6.07) is 9.59. The lowest BCUT2D eigenvalue weighted by molar-refractivity contribution is 0.211. The van der Waals surface area contributed by atoms with Crippen molar-refractivity contribution in [1.82, 2.24) is 10.2 Å². The number of rotatable bonds is 3. The molecule has 0 bridgehead atoms. The minimum absolute atomic E-state index is 0.601. The van der Waals surface area contributed by atoms with Crippen LogP contribution in [0.3, 0.4) is 0 Å². The summed E-state index contributed by atoms with van der Waals surface area (Å²) in [5.74, 6) is 0.880. The normalized spacial score (nSPS) is 25.2. The number of nitrogens with zero attached hydrogens (tertiary/aromatic N) is 1. The number of hydrogen-bond donors (Lipinski definition) is 1. The van der Waals surface area contributed by atoms with E-state index in [0.717, 1.165) is 5.92 Å².